The lowest BCUT2D eigenvalue weighted by Crippen LogP contribution is -2.39. The zero-order valence-electron chi connectivity index (χ0n) is 17.4. The third-order valence-corrected chi connectivity index (χ3v) is 6.17. The second kappa shape index (κ2) is 7.93. The monoisotopic (exact) mass is 392 g/mol. The van der Waals surface area contributed by atoms with Gasteiger partial charge in [-0.2, -0.15) is 0 Å². The van der Waals surface area contributed by atoms with Crippen molar-refractivity contribution in [3.8, 4) is 0 Å². The molecule has 29 heavy (non-hydrogen) atoms. The van der Waals surface area contributed by atoms with Crippen molar-refractivity contribution in [2.45, 2.75) is 58.5 Å². The van der Waals surface area contributed by atoms with E-state index in [-0.39, 0.29) is 23.8 Å². The molecule has 2 aliphatic rings. The zero-order valence-corrected chi connectivity index (χ0v) is 17.4. The first-order valence-electron chi connectivity index (χ1n) is 10.4. The number of benzene rings is 1. The lowest BCUT2D eigenvalue weighted by molar-refractivity contribution is -0.133. The van der Waals surface area contributed by atoms with Gasteiger partial charge in [0.15, 0.2) is 5.82 Å². The molecule has 0 aliphatic carbocycles. The van der Waals surface area contributed by atoms with Crippen LogP contribution in [0.2, 0.25) is 0 Å². The first kappa shape index (κ1) is 19.6. The molecule has 0 saturated carbocycles. The Morgan fingerprint density at radius 3 is 2.66 bits per heavy atom. The number of amides is 2. The number of aryl methyl sites for hydroxylation is 1. The van der Waals surface area contributed by atoms with Crippen molar-refractivity contribution in [3.63, 3.8) is 0 Å². The number of hydrogen-bond acceptors (Lipinski definition) is 4. The largest absolute Gasteiger partial charge is 0.337 e. The number of nitrogens with zero attached hydrogens (tertiary/aromatic N) is 4. The Morgan fingerprint density at radius 1 is 1.17 bits per heavy atom. The lowest BCUT2D eigenvalue weighted by atomic mass is 9.97. The minimum Gasteiger partial charge on any atom is -0.337 e. The van der Waals surface area contributed by atoms with Crippen molar-refractivity contribution in [1.82, 2.24) is 19.8 Å². The molecule has 0 spiro atoms. The first-order valence-corrected chi connectivity index (χ1v) is 10.4. The van der Waals surface area contributed by atoms with E-state index in [0.29, 0.717) is 13.1 Å². The highest BCUT2D eigenvalue weighted by Gasteiger charge is 2.32. The van der Waals surface area contributed by atoms with Crippen LogP contribution in [0.15, 0.2) is 30.5 Å². The van der Waals surface area contributed by atoms with Crippen LogP contribution in [0.1, 0.15) is 66.9 Å². The highest BCUT2D eigenvalue weighted by molar-refractivity contribution is 5.83. The summed E-state index contributed by atoms with van der Waals surface area (Å²) in [5.74, 6) is 0.794. The maximum absolute atomic E-state index is 13.0. The molecule has 2 amide bonds. The molecule has 3 heterocycles. The van der Waals surface area contributed by atoms with Gasteiger partial charge in [0.2, 0.25) is 11.8 Å². The van der Waals surface area contributed by atoms with Gasteiger partial charge in [0.1, 0.15) is 0 Å². The summed E-state index contributed by atoms with van der Waals surface area (Å²) in [5, 5.41) is 0. The molecule has 152 valence electrons. The summed E-state index contributed by atoms with van der Waals surface area (Å²) in [4.78, 5) is 38.0. The number of rotatable bonds is 3. The fourth-order valence-corrected chi connectivity index (χ4v) is 4.36. The zero-order chi connectivity index (χ0) is 20.5. The van der Waals surface area contributed by atoms with Gasteiger partial charge in [-0.25, -0.2) is 9.97 Å². The number of carbonyl (C=O) groups excluding carboxylic acids is 2. The standard InChI is InChI=1S/C23H28N4O2/c1-15-6-8-18(9-7-15)16(2)23(29)26-12-10-20-19(14-26)13-24-22(25-20)21-5-4-11-27(21)17(3)28/h6-9,13,16,21H,4-5,10-12,14H2,1-3H3/t16-,21+/m0/s1. The van der Waals surface area contributed by atoms with Gasteiger partial charge in [0.05, 0.1) is 17.7 Å². The summed E-state index contributed by atoms with van der Waals surface area (Å²) in [5.41, 5.74) is 4.26. The van der Waals surface area contributed by atoms with Crippen LogP contribution in [0.5, 0.6) is 0 Å². The van der Waals surface area contributed by atoms with Gasteiger partial charge in [-0.05, 0) is 32.3 Å². The van der Waals surface area contributed by atoms with E-state index in [4.69, 9.17) is 4.98 Å². The Hall–Kier alpha value is -2.76. The second-order valence-electron chi connectivity index (χ2n) is 8.21. The Kier molecular flexibility index (Phi) is 5.35. The number of aromatic nitrogens is 2. The summed E-state index contributed by atoms with van der Waals surface area (Å²) >= 11 is 0. The summed E-state index contributed by atoms with van der Waals surface area (Å²) in [6.07, 6.45) is 4.48. The lowest BCUT2D eigenvalue weighted by Gasteiger charge is -2.31. The molecule has 2 atom stereocenters. The van der Waals surface area contributed by atoms with E-state index < -0.39 is 0 Å². The molecule has 2 aromatic rings. The van der Waals surface area contributed by atoms with E-state index in [1.165, 1.54) is 5.56 Å². The van der Waals surface area contributed by atoms with Crippen LogP contribution >= 0.6 is 0 Å². The Labute approximate surface area is 172 Å². The molecule has 0 N–H and O–H groups in total. The quantitative estimate of drug-likeness (QED) is 0.805. The molecule has 1 aromatic carbocycles. The van der Waals surface area contributed by atoms with Crippen LogP contribution in [0.3, 0.4) is 0 Å². The second-order valence-corrected chi connectivity index (χ2v) is 8.21. The SMILES string of the molecule is CC(=O)N1CCC[C@@H]1c1ncc2c(n1)CCN(C(=O)[C@@H](C)c1ccc(C)cc1)C2. The highest BCUT2D eigenvalue weighted by atomic mass is 16.2. The molecular weight excluding hydrogens is 364 g/mol. The third kappa shape index (κ3) is 3.88. The van der Waals surface area contributed by atoms with Crippen LogP contribution in [-0.4, -0.2) is 44.7 Å². The molecule has 2 aliphatic heterocycles. The molecule has 0 bridgehead atoms. The van der Waals surface area contributed by atoms with Gasteiger partial charge < -0.3 is 9.80 Å². The van der Waals surface area contributed by atoms with Crippen LogP contribution in [0.25, 0.3) is 0 Å². The number of fused-ring (bicyclic) bond motifs is 1. The Balaban J connectivity index is 1.48. The highest BCUT2D eigenvalue weighted by Crippen LogP contribution is 2.31. The van der Waals surface area contributed by atoms with E-state index in [2.05, 4.69) is 4.98 Å². The van der Waals surface area contributed by atoms with E-state index in [0.717, 1.165) is 48.5 Å². The predicted molar refractivity (Wildman–Crippen MR) is 110 cm³/mol. The average molecular weight is 393 g/mol. The van der Waals surface area contributed by atoms with Crippen LogP contribution in [0.4, 0.5) is 0 Å². The van der Waals surface area contributed by atoms with Gasteiger partial charge in [-0.15, -0.1) is 0 Å². The van der Waals surface area contributed by atoms with Gasteiger partial charge >= 0.3 is 0 Å². The Bertz CT molecular complexity index is 925. The van der Waals surface area contributed by atoms with Crippen molar-refractivity contribution in [3.05, 3.63) is 58.7 Å². The summed E-state index contributed by atoms with van der Waals surface area (Å²) in [7, 11) is 0. The molecule has 0 unspecified atom stereocenters. The molecule has 1 saturated heterocycles. The minimum absolute atomic E-state index is 0.0148. The van der Waals surface area contributed by atoms with Crippen molar-refractivity contribution < 1.29 is 9.59 Å². The molecular formula is C23H28N4O2. The fourth-order valence-electron chi connectivity index (χ4n) is 4.36. The first-order chi connectivity index (χ1) is 13.9. The van der Waals surface area contributed by atoms with E-state index in [1.807, 2.05) is 54.1 Å². The Morgan fingerprint density at radius 2 is 1.93 bits per heavy atom. The third-order valence-electron chi connectivity index (χ3n) is 6.17. The van der Waals surface area contributed by atoms with Crippen molar-refractivity contribution >= 4 is 11.8 Å². The van der Waals surface area contributed by atoms with Crippen LogP contribution in [-0.2, 0) is 22.6 Å². The summed E-state index contributed by atoms with van der Waals surface area (Å²) < 4.78 is 0. The predicted octanol–water partition coefficient (Wildman–Crippen LogP) is 3.16. The molecule has 4 rings (SSSR count). The smallest absolute Gasteiger partial charge is 0.230 e. The minimum atomic E-state index is -0.167. The number of hydrogen-bond donors (Lipinski definition) is 0. The van der Waals surface area contributed by atoms with E-state index >= 15 is 0 Å². The van der Waals surface area contributed by atoms with Gasteiger partial charge in [-0.1, -0.05) is 29.8 Å². The van der Waals surface area contributed by atoms with Crippen molar-refractivity contribution in [1.29, 1.82) is 0 Å². The normalized spacial score (nSPS) is 19.8. The van der Waals surface area contributed by atoms with E-state index in [1.54, 1.807) is 6.92 Å². The van der Waals surface area contributed by atoms with Gasteiger partial charge in [-0.3, -0.25) is 9.59 Å². The number of carbonyl (C=O) groups is 2. The van der Waals surface area contributed by atoms with Gasteiger partial charge in [0.25, 0.3) is 0 Å². The molecule has 1 aromatic heterocycles. The molecule has 1 fully saturated rings. The van der Waals surface area contributed by atoms with Crippen molar-refractivity contribution in [2.75, 3.05) is 13.1 Å². The summed E-state index contributed by atoms with van der Waals surface area (Å²) in [6.45, 7) is 7.62. The van der Waals surface area contributed by atoms with E-state index in [9.17, 15) is 9.59 Å². The van der Waals surface area contributed by atoms with Crippen LogP contribution in [0, 0.1) is 6.92 Å². The summed E-state index contributed by atoms with van der Waals surface area (Å²) in [6, 6.07) is 8.15. The molecule has 6 heteroatoms. The van der Waals surface area contributed by atoms with Gasteiger partial charge in [0, 0.05) is 44.7 Å². The molecule has 0 radical (unpaired) electrons. The average Bonchev–Trinajstić information content (AvgIpc) is 3.23. The number of likely N-dealkylation sites (tertiary alicyclic amines) is 1. The van der Waals surface area contributed by atoms with Crippen LogP contribution < -0.4 is 0 Å². The fraction of sp³-hybridized carbons (Fsp3) is 0.478. The molecule has 6 nitrogen and oxygen atoms in total. The maximum atomic E-state index is 13.0. The van der Waals surface area contributed by atoms with Crippen molar-refractivity contribution in [2.24, 2.45) is 0 Å². The topological polar surface area (TPSA) is 66.4 Å². The maximum Gasteiger partial charge on any atom is 0.230 e.